The van der Waals surface area contributed by atoms with Crippen LogP contribution >= 0.6 is 11.6 Å². The van der Waals surface area contributed by atoms with Gasteiger partial charge >= 0.3 is 6.18 Å². The maximum Gasteiger partial charge on any atom is 0.416 e. The van der Waals surface area contributed by atoms with E-state index in [4.69, 9.17) is 11.6 Å². The maximum absolute atomic E-state index is 12.8. The van der Waals surface area contributed by atoms with Crippen molar-refractivity contribution >= 4 is 17.4 Å². The highest BCUT2D eigenvalue weighted by Crippen LogP contribution is 2.30. The van der Waals surface area contributed by atoms with E-state index >= 15 is 0 Å². The van der Waals surface area contributed by atoms with E-state index in [-0.39, 0.29) is 6.04 Å². The lowest BCUT2D eigenvalue weighted by Crippen LogP contribution is -2.38. The predicted octanol–water partition coefficient (Wildman–Crippen LogP) is 4.23. The van der Waals surface area contributed by atoms with Crippen LogP contribution in [0.3, 0.4) is 0 Å². The molecule has 1 saturated heterocycles. The first kappa shape index (κ1) is 17.9. The van der Waals surface area contributed by atoms with Crippen LogP contribution in [0, 0.1) is 0 Å². The number of piperidine rings is 1. The number of hydrogen-bond donors (Lipinski definition) is 1. The molecular weight excluding hydrogens is 353 g/mol. The molecule has 25 heavy (non-hydrogen) atoms. The van der Waals surface area contributed by atoms with Crippen LogP contribution in [-0.4, -0.2) is 34.0 Å². The van der Waals surface area contributed by atoms with Gasteiger partial charge in [0.05, 0.1) is 18.0 Å². The molecule has 8 heteroatoms. The van der Waals surface area contributed by atoms with Gasteiger partial charge in [-0.05, 0) is 24.5 Å². The number of aromatic nitrogens is 2. The molecule has 3 rings (SSSR count). The molecular formula is C17H18ClF3N4. The van der Waals surface area contributed by atoms with Crippen molar-refractivity contribution in [2.75, 3.05) is 18.4 Å². The van der Waals surface area contributed by atoms with E-state index < -0.39 is 11.7 Å². The van der Waals surface area contributed by atoms with E-state index in [2.05, 4.69) is 20.2 Å². The van der Waals surface area contributed by atoms with Crippen molar-refractivity contribution in [3.63, 3.8) is 0 Å². The first-order valence-corrected chi connectivity index (χ1v) is 8.40. The molecule has 0 atom stereocenters. The third-order valence-corrected chi connectivity index (χ3v) is 4.39. The summed E-state index contributed by atoms with van der Waals surface area (Å²) in [5, 5.41) is 3.64. The summed E-state index contributed by atoms with van der Waals surface area (Å²) in [4.78, 5) is 10.3. The summed E-state index contributed by atoms with van der Waals surface area (Å²) in [5.74, 6) is 0.642. The van der Waals surface area contributed by atoms with Crippen LogP contribution in [0.15, 0.2) is 36.7 Å². The lowest BCUT2D eigenvalue weighted by molar-refractivity contribution is -0.137. The van der Waals surface area contributed by atoms with Crippen molar-refractivity contribution in [2.24, 2.45) is 0 Å². The summed E-state index contributed by atoms with van der Waals surface area (Å²) < 4.78 is 38.4. The SMILES string of the molecule is FC(F)(F)c1cccc(CN2CCC(Nc3cncc(Cl)n3)CC2)c1. The second kappa shape index (κ2) is 7.58. The highest BCUT2D eigenvalue weighted by molar-refractivity contribution is 6.29. The minimum absolute atomic E-state index is 0.255. The van der Waals surface area contributed by atoms with E-state index in [9.17, 15) is 13.2 Å². The summed E-state index contributed by atoms with van der Waals surface area (Å²) in [7, 11) is 0. The summed E-state index contributed by atoms with van der Waals surface area (Å²) in [6, 6.07) is 5.79. The molecule has 2 heterocycles. The zero-order valence-corrected chi connectivity index (χ0v) is 14.2. The minimum Gasteiger partial charge on any atom is -0.366 e. The molecule has 1 fully saturated rings. The smallest absolute Gasteiger partial charge is 0.366 e. The van der Waals surface area contributed by atoms with Gasteiger partial charge in [0, 0.05) is 25.7 Å². The molecule has 0 bridgehead atoms. The Morgan fingerprint density at radius 2 is 1.96 bits per heavy atom. The van der Waals surface area contributed by atoms with Crippen molar-refractivity contribution in [3.8, 4) is 0 Å². The largest absolute Gasteiger partial charge is 0.416 e. The van der Waals surface area contributed by atoms with Crippen molar-refractivity contribution in [3.05, 3.63) is 52.9 Å². The molecule has 2 aromatic rings. The summed E-state index contributed by atoms with van der Waals surface area (Å²) in [5.41, 5.74) is 0.0861. The third kappa shape index (κ3) is 5.06. The van der Waals surface area contributed by atoms with Crippen LogP contribution < -0.4 is 5.32 Å². The van der Waals surface area contributed by atoms with Gasteiger partial charge in [0.25, 0.3) is 0 Å². The Morgan fingerprint density at radius 1 is 1.20 bits per heavy atom. The first-order valence-electron chi connectivity index (χ1n) is 8.03. The molecule has 0 amide bonds. The maximum atomic E-state index is 12.8. The lowest BCUT2D eigenvalue weighted by atomic mass is 10.0. The summed E-state index contributed by atoms with van der Waals surface area (Å²) >= 11 is 5.82. The number of hydrogen-bond acceptors (Lipinski definition) is 4. The molecule has 0 unspecified atom stereocenters. The molecule has 1 aromatic carbocycles. The molecule has 1 aromatic heterocycles. The fourth-order valence-electron chi connectivity index (χ4n) is 2.96. The van der Waals surface area contributed by atoms with Crippen molar-refractivity contribution < 1.29 is 13.2 Å². The Kier molecular flexibility index (Phi) is 5.44. The van der Waals surface area contributed by atoms with Crippen LogP contribution in [0.25, 0.3) is 0 Å². The van der Waals surface area contributed by atoms with E-state index in [1.807, 2.05) is 0 Å². The van der Waals surface area contributed by atoms with Crippen molar-refractivity contribution in [2.45, 2.75) is 31.6 Å². The number of nitrogens with zero attached hydrogens (tertiary/aromatic N) is 3. The van der Waals surface area contributed by atoms with Gasteiger partial charge in [0.1, 0.15) is 11.0 Å². The topological polar surface area (TPSA) is 41.0 Å². The Bertz CT molecular complexity index is 715. The zero-order valence-electron chi connectivity index (χ0n) is 13.4. The van der Waals surface area contributed by atoms with Crippen LogP contribution in [0.2, 0.25) is 5.15 Å². The minimum atomic E-state index is -4.30. The Balaban J connectivity index is 1.53. The van der Waals surface area contributed by atoms with Gasteiger partial charge < -0.3 is 5.32 Å². The standard InChI is InChI=1S/C17H18ClF3N4/c18-15-9-22-10-16(24-15)23-14-4-6-25(7-5-14)11-12-2-1-3-13(8-12)17(19,20)21/h1-3,8-10,14H,4-7,11H2,(H,23,24). The first-order chi connectivity index (χ1) is 11.9. The molecule has 0 spiro atoms. The van der Waals surface area contributed by atoms with Crippen LogP contribution in [0.5, 0.6) is 0 Å². The molecule has 134 valence electrons. The van der Waals surface area contributed by atoms with E-state index in [1.165, 1.54) is 18.3 Å². The van der Waals surface area contributed by atoms with Crippen LogP contribution in [-0.2, 0) is 12.7 Å². The third-order valence-electron chi connectivity index (χ3n) is 4.21. The highest BCUT2D eigenvalue weighted by atomic mass is 35.5. The second-order valence-corrected chi connectivity index (χ2v) is 6.51. The van der Waals surface area contributed by atoms with E-state index in [1.54, 1.807) is 12.3 Å². The summed E-state index contributed by atoms with van der Waals surface area (Å²) in [6.45, 7) is 2.14. The van der Waals surface area contributed by atoms with Gasteiger partial charge in [-0.2, -0.15) is 13.2 Å². The zero-order chi connectivity index (χ0) is 17.9. The van der Waals surface area contributed by atoms with Crippen LogP contribution in [0.4, 0.5) is 19.0 Å². The number of anilines is 1. The van der Waals surface area contributed by atoms with Crippen molar-refractivity contribution in [1.82, 2.24) is 14.9 Å². The van der Waals surface area contributed by atoms with Gasteiger partial charge in [0.2, 0.25) is 0 Å². The van der Waals surface area contributed by atoms with Gasteiger partial charge in [-0.3, -0.25) is 9.88 Å². The van der Waals surface area contributed by atoms with E-state index in [0.29, 0.717) is 23.1 Å². The average Bonchev–Trinajstić information content (AvgIpc) is 2.56. The normalized spacial score (nSPS) is 16.8. The Labute approximate surface area is 149 Å². The second-order valence-electron chi connectivity index (χ2n) is 6.12. The molecule has 0 saturated carbocycles. The lowest BCUT2D eigenvalue weighted by Gasteiger charge is -2.32. The molecule has 0 aliphatic carbocycles. The number of likely N-dealkylation sites (tertiary alicyclic amines) is 1. The van der Waals surface area contributed by atoms with Gasteiger partial charge in [-0.15, -0.1) is 0 Å². The Morgan fingerprint density at radius 3 is 2.64 bits per heavy atom. The number of halogens is 4. The fourth-order valence-corrected chi connectivity index (χ4v) is 3.11. The monoisotopic (exact) mass is 370 g/mol. The number of alkyl halides is 3. The van der Waals surface area contributed by atoms with E-state index in [0.717, 1.165) is 32.0 Å². The molecule has 1 N–H and O–H groups in total. The summed E-state index contributed by atoms with van der Waals surface area (Å²) in [6.07, 6.45) is 0.566. The van der Waals surface area contributed by atoms with Gasteiger partial charge in [0.15, 0.2) is 0 Å². The molecule has 0 radical (unpaired) electrons. The quantitative estimate of drug-likeness (QED) is 0.874. The number of rotatable bonds is 4. The molecule has 1 aliphatic rings. The van der Waals surface area contributed by atoms with Crippen LogP contribution in [0.1, 0.15) is 24.0 Å². The number of benzene rings is 1. The molecule has 1 aliphatic heterocycles. The van der Waals surface area contributed by atoms with Gasteiger partial charge in [-0.1, -0.05) is 29.8 Å². The van der Waals surface area contributed by atoms with Crippen molar-refractivity contribution in [1.29, 1.82) is 0 Å². The highest BCUT2D eigenvalue weighted by Gasteiger charge is 2.30. The average molecular weight is 371 g/mol. The molecule has 4 nitrogen and oxygen atoms in total. The fraction of sp³-hybridized carbons (Fsp3) is 0.412. The number of nitrogens with one attached hydrogen (secondary N) is 1. The van der Waals surface area contributed by atoms with Gasteiger partial charge in [-0.25, -0.2) is 4.98 Å². The Hall–Kier alpha value is -1.86. The predicted molar refractivity (Wildman–Crippen MR) is 90.4 cm³/mol.